The molecule has 1 rings (SSSR count). The maximum absolute atomic E-state index is 12.3. The van der Waals surface area contributed by atoms with E-state index in [1.165, 1.54) is 5.56 Å². The third-order valence-corrected chi connectivity index (χ3v) is 3.17. The molecule has 1 atom stereocenters. The van der Waals surface area contributed by atoms with E-state index < -0.39 is 0 Å². The van der Waals surface area contributed by atoms with E-state index in [1.807, 2.05) is 36.9 Å². The predicted octanol–water partition coefficient (Wildman–Crippen LogP) is 2.41. The van der Waals surface area contributed by atoms with Crippen LogP contribution in [0.1, 0.15) is 32.3 Å². The lowest BCUT2D eigenvalue weighted by Gasteiger charge is -2.24. The number of hydrogen-bond acceptors (Lipinski definition) is 2. The molecule has 3 heteroatoms. The standard InChI is InChI=1S/C15H24N2O/c1-3-17(12-14-9-5-4-6-10-14)15(18)13(2)8-7-11-16/h4-6,9-10,13H,3,7-8,11-12,16H2,1-2H3. The Labute approximate surface area is 110 Å². The zero-order chi connectivity index (χ0) is 13.4. The van der Waals surface area contributed by atoms with Crippen LogP contribution in [-0.4, -0.2) is 23.9 Å². The van der Waals surface area contributed by atoms with Crippen molar-refractivity contribution < 1.29 is 4.79 Å². The summed E-state index contributed by atoms with van der Waals surface area (Å²) in [4.78, 5) is 14.2. The fourth-order valence-electron chi connectivity index (χ4n) is 2.01. The number of carbonyl (C=O) groups is 1. The Bertz CT molecular complexity index is 351. The van der Waals surface area contributed by atoms with Crippen LogP contribution in [0.25, 0.3) is 0 Å². The second-order valence-electron chi connectivity index (χ2n) is 4.67. The normalized spacial score (nSPS) is 12.2. The van der Waals surface area contributed by atoms with E-state index in [9.17, 15) is 4.79 Å². The molecule has 0 heterocycles. The van der Waals surface area contributed by atoms with Crippen molar-refractivity contribution in [3.05, 3.63) is 35.9 Å². The highest BCUT2D eigenvalue weighted by Gasteiger charge is 2.18. The number of nitrogens with zero attached hydrogens (tertiary/aromatic N) is 1. The van der Waals surface area contributed by atoms with Gasteiger partial charge in [-0.05, 0) is 31.9 Å². The van der Waals surface area contributed by atoms with Crippen LogP contribution in [0.15, 0.2) is 30.3 Å². The SMILES string of the molecule is CCN(Cc1ccccc1)C(=O)C(C)CCCN. The number of benzene rings is 1. The Hall–Kier alpha value is -1.35. The highest BCUT2D eigenvalue weighted by atomic mass is 16.2. The molecule has 2 N–H and O–H groups in total. The van der Waals surface area contributed by atoms with Crippen molar-refractivity contribution >= 4 is 5.91 Å². The molecule has 0 aliphatic carbocycles. The molecule has 0 radical (unpaired) electrons. The van der Waals surface area contributed by atoms with E-state index in [1.54, 1.807) is 0 Å². The highest BCUT2D eigenvalue weighted by molar-refractivity contribution is 5.78. The molecule has 0 saturated heterocycles. The summed E-state index contributed by atoms with van der Waals surface area (Å²) < 4.78 is 0. The molecule has 0 spiro atoms. The molecule has 3 nitrogen and oxygen atoms in total. The van der Waals surface area contributed by atoms with E-state index in [2.05, 4.69) is 12.1 Å². The molecule has 0 bridgehead atoms. The van der Waals surface area contributed by atoms with Crippen LogP contribution >= 0.6 is 0 Å². The monoisotopic (exact) mass is 248 g/mol. The first-order chi connectivity index (χ1) is 8.69. The van der Waals surface area contributed by atoms with Gasteiger partial charge in [0.15, 0.2) is 0 Å². The summed E-state index contributed by atoms with van der Waals surface area (Å²) in [5.74, 6) is 0.298. The number of hydrogen-bond donors (Lipinski definition) is 1. The topological polar surface area (TPSA) is 46.3 Å². The Morgan fingerprint density at radius 1 is 1.33 bits per heavy atom. The van der Waals surface area contributed by atoms with Gasteiger partial charge in [-0.1, -0.05) is 37.3 Å². The van der Waals surface area contributed by atoms with Crippen LogP contribution in [0.5, 0.6) is 0 Å². The molecule has 100 valence electrons. The first-order valence-corrected chi connectivity index (χ1v) is 6.71. The summed E-state index contributed by atoms with van der Waals surface area (Å²) in [5.41, 5.74) is 6.66. The molecule has 1 unspecified atom stereocenters. The lowest BCUT2D eigenvalue weighted by atomic mass is 10.0. The van der Waals surface area contributed by atoms with E-state index in [0.717, 1.165) is 19.4 Å². The molecule has 0 aliphatic rings. The Morgan fingerprint density at radius 3 is 2.56 bits per heavy atom. The molecule has 18 heavy (non-hydrogen) atoms. The third kappa shape index (κ3) is 4.49. The van der Waals surface area contributed by atoms with Crippen LogP contribution in [-0.2, 0) is 11.3 Å². The van der Waals surface area contributed by atoms with Gasteiger partial charge in [-0.25, -0.2) is 0 Å². The van der Waals surface area contributed by atoms with Gasteiger partial charge < -0.3 is 10.6 Å². The minimum Gasteiger partial charge on any atom is -0.338 e. The van der Waals surface area contributed by atoms with Crippen LogP contribution in [0, 0.1) is 5.92 Å². The fraction of sp³-hybridized carbons (Fsp3) is 0.533. The molecule has 0 aliphatic heterocycles. The van der Waals surface area contributed by atoms with Gasteiger partial charge in [0.1, 0.15) is 0 Å². The maximum Gasteiger partial charge on any atom is 0.225 e. The first kappa shape index (κ1) is 14.7. The average molecular weight is 248 g/mol. The summed E-state index contributed by atoms with van der Waals surface area (Å²) in [6, 6.07) is 10.1. The van der Waals surface area contributed by atoms with Crippen LogP contribution in [0.3, 0.4) is 0 Å². The van der Waals surface area contributed by atoms with Gasteiger partial charge in [0.2, 0.25) is 5.91 Å². The average Bonchev–Trinajstić information content (AvgIpc) is 2.42. The van der Waals surface area contributed by atoms with Crippen molar-refractivity contribution in [2.45, 2.75) is 33.2 Å². The Kier molecular flexibility index (Phi) is 6.44. The van der Waals surface area contributed by atoms with Gasteiger partial charge in [-0.2, -0.15) is 0 Å². The lowest BCUT2D eigenvalue weighted by molar-refractivity contribution is -0.135. The van der Waals surface area contributed by atoms with Crippen LogP contribution in [0.2, 0.25) is 0 Å². The van der Waals surface area contributed by atoms with E-state index >= 15 is 0 Å². The summed E-state index contributed by atoms with van der Waals surface area (Å²) in [6.07, 6.45) is 1.79. The second kappa shape index (κ2) is 7.88. The van der Waals surface area contributed by atoms with E-state index in [4.69, 9.17) is 5.73 Å². The van der Waals surface area contributed by atoms with Crippen LogP contribution < -0.4 is 5.73 Å². The molecule has 0 saturated carbocycles. The number of nitrogens with two attached hydrogens (primary N) is 1. The quantitative estimate of drug-likeness (QED) is 0.805. The predicted molar refractivity (Wildman–Crippen MR) is 75.0 cm³/mol. The summed E-state index contributed by atoms with van der Waals surface area (Å²) in [5, 5.41) is 0. The number of rotatable bonds is 7. The van der Waals surface area contributed by atoms with Crippen molar-refractivity contribution in [1.29, 1.82) is 0 Å². The van der Waals surface area contributed by atoms with Gasteiger partial charge in [0.25, 0.3) is 0 Å². The van der Waals surface area contributed by atoms with Gasteiger partial charge in [-0.3, -0.25) is 4.79 Å². The Morgan fingerprint density at radius 2 is 2.00 bits per heavy atom. The molecule has 1 aromatic rings. The van der Waals surface area contributed by atoms with Crippen molar-refractivity contribution in [2.24, 2.45) is 11.7 Å². The lowest BCUT2D eigenvalue weighted by Crippen LogP contribution is -2.34. The molecule has 1 aromatic carbocycles. The molecular formula is C15H24N2O. The van der Waals surface area contributed by atoms with Crippen molar-refractivity contribution in [1.82, 2.24) is 4.90 Å². The smallest absolute Gasteiger partial charge is 0.225 e. The molecule has 0 aromatic heterocycles. The van der Waals surface area contributed by atoms with Gasteiger partial charge in [0.05, 0.1) is 0 Å². The van der Waals surface area contributed by atoms with Gasteiger partial charge in [0, 0.05) is 19.0 Å². The third-order valence-electron chi connectivity index (χ3n) is 3.17. The largest absolute Gasteiger partial charge is 0.338 e. The van der Waals surface area contributed by atoms with Crippen molar-refractivity contribution in [3.63, 3.8) is 0 Å². The summed E-state index contributed by atoms with van der Waals surface area (Å²) >= 11 is 0. The van der Waals surface area contributed by atoms with Crippen molar-refractivity contribution in [3.8, 4) is 0 Å². The van der Waals surface area contributed by atoms with Crippen molar-refractivity contribution in [2.75, 3.05) is 13.1 Å². The minimum absolute atomic E-state index is 0.0669. The maximum atomic E-state index is 12.3. The summed E-state index contributed by atoms with van der Waals surface area (Å²) in [7, 11) is 0. The summed E-state index contributed by atoms with van der Waals surface area (Å²) in [6.45, 7) is 6.12. The fourth-order valence-corrected chi connectivity index (χ4v) is 2.01. The number of carbonyl (C=O) groups excluding carboxylic acids is 1. The molecule has 0 fully saturated rings. The zero-order valence-electron chi connectivity index (χ0n) is 11.4. The minimum atomic E-state index is 0.0669. The zero-order valence-corrected chi connectivity index (χ0v) is 11.4. The highest BCUT2D eigenvalue weighted by Crippen LogP contribution is 2.12. The molecular weight excluding hydrogens is 224 g/mol. The van der Waals surface area contributed by atoms with E-state index in [-0.39, 0.29) is 11.8 Å². The molecule has 1 amide bonds. The van der Waals surface area contributed by atoms with Gasteiger partial charge in [-0.15, -0.1) is 0 Å². The number of amides is 1. The van der Waals surface area contributed by atoms with Gasteiger partial charge >= 0.3 is 0 Å². The Balaban J connectivity index is 2.57. The first-order valence-electron chi connectivity index (χ1n) is 6.71. The van der Waals surface area contributed by atoms with Crippen LogP contribution in [0.4, 0.5) is 0 Å². The second-order valence-corrected chi connectivity index (χ2v) is 4.67. The van der Waals surface area contributed by atoms with E-state index in [0.29, 0.717) is 13.1 Å².